The average molecular weight is 326 g/mol. The SMILES string of the molecule is COc1ccc(Br)c(CC(N)C2CC3CCC2O3)c1. The summed E-state index contributed by atoms with van der Waals surface area (Å²) in [6.07, 6.45) is 5.26. The van der Waals surface area contributed by atoms with E-state index in [9.17, 15) is 0 Å². The van der Waals surface area contributed by atoms with E-state index < -0.39 is 0 Å². The van der Waals surface area contributed by atoms with Crippen LogP contribution in [0.3, 0.4) is 0 Å². The highest BCUT2D eigenvalue weighted by atomic mass is 79.9. The molecule has 0 aromatic heterocycles. The summed E-state index contributed by atoms with van der Waals surface area (Å²) in [5, 5.41) is 0. The summed E-state index contributed by atoms with van der Waals surface area (Å²) in [6, 6.07) is 6.22. The predicted molar refractivity (Wildman–Crippen MR) is 78.4 cm³/mol. The smallest absolute Gasteiger partial charge is 0.119 e. The lowest BCUT2D eigenvalue weighted by molar-refractivity contribution is 0.0885. The third-order valence-electron chi connectivity index (χ3n) is 4.41. The summed E-state index contributed by atoms with van der Waals surface area (Å²) < 4.78 is 12.3. The number of halogens is 1. The Bertz CT molecular complexity index is 465. The number of fused-ring (bicyclic) bond motifs is 2. The molecule has 2 saturated heterocycles. The minimum atomic E-state index is 0.165. The fourth-order valence-corrected chi connectivity index (χ4v) is 3.78. The van der Waals surface area contributed by atoms with Gasteiger partial charge in [-0.2, -0.15) is 0 Å². The van der Waals surface area contributed by atoms with Crippen molar-refractivity contribution in [1.29, 1.82) is 0 Å². The van der Waals surface area contributed by atoms with Crippen LogP contribution >= 0.6 is 15.9 Å². The molecule has 4 unspecified atom stereocenters. The van der Waals surface area contributed by atoms with Crippen molar-refractivity contribution in [3.8, 4) is 5.75 Å². The van der Waals surface area contributed by atoms with Gasteiger partial charge in [0.2, 0.25) is 0 Å². The lowest BCUT2D eigenvalue weighted by atomic mass is 9.82. The van der Waals surface area contributed by atoms with Crippen molar-refractivity contribution in [1.82, 2.24) is 0 Å². The summed E-state index contributed by atoms with van der Waals surface area (Å²) >= 11 is 3.60. The molecular formula is C15H20BrNO2. The molecule has 0 spiro atoms. The number of ether oxygens (including phenoxy) is 2. The zero-order valence-corrected chi connectivity index (χ0v) is 12.7. The molecule has 0 aliphatic carbocycles. The first-order valence-electron chi connectivity index (χ1n) is 6.91. The van der Waals surface area contributed by atoms with Crippen LogP contribution in [0, 0.1) is 5.92 Å². The van der Waals surface area contributed by atoms with Crippen molar-refractivity contribution in [2.75, 3.05) is 7.11 Å². The third kappa shape index (κ3) is 2.67. The Morgan fingerprint density at radius 2 is 2.32 bits per heavy atom. The summed E-state index contributed by atoms with van der Waals surface area (Å²) in [6.45, 7) is 0. The Morgan fingerprint density at radius 1 is 1.47 bits per heavy atom. The van der Waals surface area contributed by atoms with Gasteiger partial charge >= 0.3 is 0 Å². The molecule has 2 aliphatic rings. The molecule has 4 heteroatoms. The standard InChI is InChI=1S/C15H20BrNO2/c1-18-10-2-4-13(16)9(6-10)7-14(17)12-8-11-3-5-15(12)19-11/h2,4,6,11-12,14-15H,3,5,7-8,17H2,1H3. The van der Waals surface area contributed by atoms with E-state index >= 15 is 0 Å². The Kier molecular flexibility index (Phi) is 3.83. The minimum absolute atomic E-state index is 0.165. The first-order chi connectivity index (χ1) is 9.17. The molecular weight excluding hydrogens is 306 g/mol. The molecule has 0 amide bonds. The number of hydrogen-bond donors (Lipinski definition) is 1. The molecule has 2 N–H and O–H groups in total. The summed E-state index contributed by atoms with van der Waals surface area (Å²) in [4.78, 5) is 0. The molecule has 2 fully saturated rings. The summed E-state index contributed by atoms with van der Waals surface area (Å²) in [5.74, 6) is 1.39. The minimum Gasteiger partial charge on any atom is -0.497 e. The Hall–Kier alpha value is -0.580. The van der Waals surface area contributed by atoms with Crippen molar-refractivity contribution in [2.45, 2.75) is 43.9 Å². The predicted octanol–water partition coefficient (Wildman–Crippen LogP) is 2.90. The Morgan fingerprint density at radius 3 is 2.95 bits per heavy atom. The zero-order chi connectivity index (χ0) is 13.4. The van der Waals surface area contributed by atoms with E-state index in [1.807, 2.05) is 12.1 Å². The fourth-order valence-electron chi connectivity index (χ4n) is 3.37. The van der Waals surface area contributed by atoms with Crippen LogP contribution < -0.4 is 10.5 Å². The molecule has 2 aliphatic heterocycles. The second kappa shape index (κ2) is 5.43. The molecule has 1 aromatic carbocycles. The molecule has 2 heterocycles. The summed E-state index contributed by atoms with van der Waals surface area (Å²) in [7, 11) is 1.69. The van der Waals surface area contributed by atoms with E-state index in [1.54, 1.807) is 7.11 Å². The fraction of sp³-hybridized carbons (Fsp3) is 0.600. The van der Waals surface area contributed by atoms with E-state index in [4.69, 9.17) is 15.2 Å². The van der Waals surface area contributed by atoms with Crippen molar-refractivity contribution >= 4 is 15.9 Å². The van der Waals surface area contributed by atoms with E-state index in [-0.39, 0.29) is 6.04 Å². The molecule has 2 bridgehead atoms. The lowest BCUT2D eigenvalue weighted by Gasteiger charge is -2.25. The van der Waals surface area contributed by atoms with Gasteiger partial charge in [-0.05, 0) is 49.4 Å². The Balaban J connectivity index is 1.70. The maximum atomic E-state index is 6.42. The number of hydrogen-bond acceptors (Lipinski definition) is 3. The molecule has 0 saturated carbocycles. The van der Waals surface area contributed by atoms with Gasteiger partial charge in [0, 0.05) is 16.4 Å². The Labute approximate surface area is 122 Å². The molecule has 0 radical (unpaired) electrons. The largest absolute Gasteiger partial charge is 0.497 e. The monoisotopic (exact) mass is 325 g/mol. The first kappa shape index (κ1) is 13.4. The van der Waals surface area contributed by atoms with Crippen LogP contribution in [0.15, 0.2) is 22.7 Å². The van der Waals surface area contributed by atoms with Gasteiger partial charge in [0.05, 0.1) is 19.3 Å². The number of methoxy groups -OCH3 is 1. The molecule has 3 rings (SSSR count). The first-order valence-corrected chi connectivity index (χ1v) is 7.70. The highest BCUT2D eigenvalue weighted by Gasteiger charge is 2.43. The zero-order valence-electron chi connectivity index (χ0n) is 11.1. The number of rotatable bonds is 4. The maximum Gasteiger partial charge on any atom is 0.119 e. The van der Waals surface area contributed by atoms with Crippen LogP contribution in [0.5, 0.6) is 5.75 Å². The van der Waals surface area contributed by atoms with Crippen LogP contribution in [0.25, 0.3) is 0 Å². The quantitative estimate of drug-likeness (QED) is 0.925. The van der Waals surface area contributed by atoms with Crippen LogP contribution in [0.2, 0.25) is 0 Å². The topological polar surface area (TPSA) is 44.5 Å². The van der Waals surface area contributed by atoms with Gasteiger partial charge in [-0.1, -0.05) is 15.9 Å². The van der Waals surface area contributed by atoms with Gasteiger partial charge in [0.15, 0.2) is 0 Å². The van der Waals surface area contributed by atoms with Crippen LogP contribution in [0.1, 0.15) is 24.8 Å². The van der Waals surface area contributed by atoms with Gasteiger partial charge < -0.3 is 15.2 Å². The highest BCUT2D eigenvalue weighted by Crippen LogP contribution is 2.40. The lowest BCUT2D eigenvalue weighted by Crippen LogP contribution is -2.38. The van der Waals surface area contributed by atoms with E-state index in [0.29, 0.717) is 18.1 Å². The van der Waals surface area contributed by atoms with E-state index in [1.165, 1.54) is 18.4 Å². The van der Waals surface area contributed by atoms with Gasteiger partial charge in [0.25, 0.3) is 0 Å². The van der Waals surface area contributed by atoms with Crippen LogP contribution in [0.4, 0.5) is 0 Å². The van der Waals surface area contributed by atoms with Crippen LogP contribution in [-0.4, -0.2) is 25.4 Å². The van der Waals surface area contributed by atoms with Gasteiger partial charge in [-0.3, -0.25) is 0 Å². The molecule has 4 atom stereocenters. The third-order valence-corrected chi connectivity index (χ3v) is 5.19. The van der Waals surface area contributed by atoms with E-state index in [2.05, 4.69) is 22.0 Å². The molecule has 104 valence electrons. The van der Waals surface area contributed by atoms with Crippen molar-refractivity contribution < 1.29 is 9.47 Å². The summed E-state index contributed by atoms with van der Waals surface area (Å²) in [5.41, 5.74) is 7.63. The molecule has 1 aromatic rings. The van der Waals surface area contributed by atoms with Crippen molar-refractivity contribution in [2.24, 2.45) is 11.7 Å². The molecule has 3 nitrogen and oxygen atoms in total. The van der Waals surface area contributed by atoms with Gasteiger partial charge in [-0.25, -0.2) is 0 Å². The average Bonchev–Trinajstić information content (AvgIpc) is 3.03. The normalized spacial score (nSPS) is 30.6. The highest BCUT2D eigenvalue weighted by molar-refractivity contribution is 9.10. The van der Waals surface area contributed by atoms with Crippen LogP contribution in [-0.2, 0) is 11.2 Å². The van der Waals surface area contributed by atoms with Crippen molar-refractivity contribution in [3.63, 3.8) is 0 Å². The number of nitrogens with two attached hydrogens (primary N) is 1. The number of benzene rings is 1. The second-order valence-electron chi connectivity index (χ2n) is 5.60. The maximum absolute atomic E-state index is 6.42. The van der Waals surface area contributed by atoms with Crippen molar-refractivity contribution in [3.05, 3.63) is 28.2 Å². The van der Waals surface area contributed by atoms with E-state index in [0.717, 1.165) is 23.1 Å². The van der Waals surface area contributed by atoms with Gasteiger partial charge in [-0.15, -0.1) is 0 Å². The second-order valence-corrected chi connectivity index (χ2v) is 6.45. The molecule has 19 heavy (non-hydrogen) atoms. The van der Waals surface area contributed by atoms with Gasteiger partial charge in [0.1, 0.15) is 5.75 Å².